The normalized spacial score (nSPS) is 23.4. The Bertz CT molecular complexity index is 295. The highest BCUT2D eigenvalue weighted by Gasteiger charge is 2.29. The fraction of sp³-hybridized carbons (Fsp3) is 0.938. The molecule has 4 nitrogen and oxygen atoms in total. The van der Waals surface area contributed by atoms with Gasteiger partial charge in [-0.1, -0.05) is 38.5 Å². The molecule has 0 atom stereocenters. The summed E-state index contributed by atoms with van der Waals surface area (Å²) in [5.74, 6) is 0.0849. The molecule has 2 saturated carbocycles. The average Bonchev–Trinajstić information content (AvgIpc) is 2.45. The molecule has 0 radical (unpaired) electrons. The summed E-state index contributed by atoms with van der Waals surface area (Å²) in [4.78, 5) is 11.9. The number of nitrogens with two attached hydrogens (primary N) is 1. The smallest absolute Gasteiger partial charge is 0.221 e. The molecule has 0 aromatic carbocycles. The van der Waals surface area contributed by atoms with Crippen molar-refractivity contribution >= 4 is 5.91 Å². The molecule has 0 saturated heterocycles. The first-order valence-electron chi connectivity index (χ1n) is 8.35. The summed E-state index contributed by atoms with van der Waals surface area (Å²) in [5.41, 5.74) is 6.03. The Morgan fingerprint density at radius 2 is 1.75 bits per heavy atom. The highest BCUT2D eigenvalue weighted by atomic mass is 16.5. The van der Waals surface area contributed by atoms with Crippen LogP contribution >= 0.6 is 0 Å². The van der Waals surface area contributed by atoms with Crippen LogP contribution in [0.1, 0.15) is 70.6 Å². The number of carbonyl (C=O) groups excluding carboxylic acids is 1. The van der Waals surface area contributed by atoms with E-state index in [2.05, 4.69) is 5.32 Å². The molecule has 0 bridgehead atoms. The van der Waals surface area contributed by atoms with E-state index >= 15 is 0 Å². The van der Waals surface area contributed by atoms with Crippen LogP contribution in [0.4, 0.5) is 0 Å². The van der Waals surface area contributed by atoms with E-state index in [-0.39, 0.29) is 11.4 Å². The minimum atomic E-state index is -0.257. The zero-order valence-corrected chi connectivity index (χ0v) is 12.7. The zero-order valence-electron chi connectivity index (χ0n) is 12.7. The van der Waals surface area contributed by atoms with Crippen LogP contribution in [0.3, 0.4) is 0 Å². The Labute approximate surface area is 122 Å². The molecule has 0 aromatic heterocycles. The first-order chi connectivity index (χ1) is 9.68. The van der Waals surface area contributed by atoms with Gasteiger partial charge < -0.3 is 15.8 Å². The molecule has 0 aromatic rings. The van der Waals surface area contributed by atoms with Crippen molar-refractivity contribution in [2.75, 3.05) is 13.2 Å². The Morgan fingerprint density at radius 3 is 2.45 bits per heavy atom. The highest BCUT2D eigenvalue weighted by Crippen LogP contribution is 2.28. The van der Waals surface area contributed by atoms with E-state index in [9.17, 15) is 4.79 Å². The molecule has 3 N–H and O–H groups in total. The molecule has 1 amide bonds. The van der Waals surface area contributed by atoms with Gasteiger partial charge in [-0.3, -0.25) is 4.79 Å². The number of ether oxygens (including phenoxy) is 1. The fourth-order valence-corrected chi connectivity index (χ4v) is 3.46. The topological polar surface area (TPSA) is 64.4 Å². The van der Waals surface area contributed by atoms with E-state index in [0.717, 1.165) is 25.7 Å². The zero-order chi connectivity index (χ0) is 14.3. The van der Waals surface area contributed by atoms with Crippen LogP contribution in [0.25, 0.3) is 0 Å². The number of carbonyl (C=O) groups is 1. The Morgan fingerprint density at radius 1 is 1.10 bits per heavy atom. The van der Waals surface area contributed by atoms with Crippen LogP contribution in [-0.4, -0.2) is 30.7 Å². The summed E-state index contributed by atoms with van der Waals surface area (Å²) in [6, 6.07) is 0. The minimum absolute atomic E-state index is 0.0849. The monoisotopic (exact) mass is 282 g/mol. The SMILES string of the molecule is NC1(CC(=O)NCCOC2CCCCC2)CCCCC1. The fourth-order valence-electron chi connectivity index (χ4n) is 3.46. The summed E-state index contributed by atoms with van der Waals surface area (Å²) in [5, 5.41) is 2.95. The lowest BCUT2D eigenvalue weighted by Crippen LogP contribution is -2.46. The molecule has 4 heteroatoms. The Kier molecular flexibility index (Phi) is 6.30. The van der Waals surface area contributed by atoms with Crippen molar-refractivity contribution in [2.24, 2.45) is 5.73 Å². The second kappa shape index (κ2) is 7.99. The van der Waals surface area contributed by atoms with Crippen LogP contribution in [0.2, 0.25) is 0 Å². The van der Waals surface area contributed by atoms with Gasteiger partial charge in [-0.05, 0) is 25.7 Å². The quantitative estimate of drug-likeness (QED) is 0.736. The Balaban J connectivity index is 1.55. The average molecular weight is 282 g/mol. The summed E-state index contributed by atoms with van der Waals surface area (Å²) in [7, 11) is 0. The lowest BCUT2D eigenvalue weighted by Gasteiger charge is -2.32. The molecule has 2 rings (SSSR count). The van der Waals surface area contributed by atoms with Crippen molar-refractivity contribution in [1.82, 2.24) is 5.32 Å². The molecular weight excluding hydrogens is 252 g/mol. The molecule has 20 heavy (non-hydrogen) atoms. The van der Waals surface area contributed by atoms with Gasteiger partial charge in [-0.2, -0.15) is 0 Å². The second-order valence-electron chi connectivity index (χ2n) is 6.58. The van der Waals surface area contributed by atoms with Gasteiger partial charge in [0.1, 0.15) is 0 Å². The first-order valence-corrected chi connectivity index (χ1v) is 8.35. The van der Waals surface area contributed by atoms with Gasteiger partial charge >= 0.3 is 0 Å². The molecular formula is C16H30N2O2. The number of rotatable bonds is 6. The van der Waals surface area contributed by atoms with E-state index in [0.29, 0.717) is 25.7 Å². The molecule has 116 valence electrons. The molecule has 0 aliphatic heterocycles. The highest BCUT2D eigenvalue weighted by molar-refractivity contribution is 5.77. The van der Waals surface area contributed by atoms with E-state index < -0.39 is 0 Å². The summed E-state index contributed by atoms with van der Waals surface area (Å²) in [6.45, 7) is 1.25. The van der Waals surface area contributed by atoms with Crippen LogP contribution < -0.4 is 11.1 Å². The second-order valence-corrected chi connectivity index (χ2v) is 6.58. The number of nitrogens with one attached hydrogen (secondary N) is 1. The maximum absolute atomic E-state index is 11.9. The van der Waals surface area contributed by atoms with Gasteiger partial charge in [-0.15, -0.1) is 0 Å². The molecule has 0 heterocycles. The summed E-state index contributed by atoms with van der Waals surface area (Å²) >= 11 is 0. The van der Waals surface area contributed by atoms with Gasteiger partial charge in [0.2, 0.25) is 5.91 Å². The van der Waals surface area contributed by atoms with Crippen LogP contribution in [0.5, 0.6) is 0 Å². The molecule has 0 spiro atoms. The van der Waals surface area contributed by atoms with Crippen molar-refractivity contribution in [3.05, 3.63) is 0 Å². The van der Waals surface area contributed by atoms with Crippen LogP contribution in [0, 0.1) is 0 Å². The predicted octanol–water partition coefficient (Wildman–Crippen LogP) is 2.50. The number of amides is 1. The third-order valence-corrected chi connectivity index (χ3v) is 4.69. The lowest BCUT2D eigenvalue weighted by atomic mass is 9.80. The van der Waals surface area contributed by atoms with Crippen molar-refractivity contribution in [2.45, 2.75) is 82.3 Å². The molecule has 2 fully saturated rings. The van der Waals surface area contributed by atoms with Gasteiger partial charge in [0.25, 0.3) is 0 Å². The third kappa shape index (κ3) is 5.41. The maximum atomic E-state index is 11.9. The molecule has 2 aliphatic rings. The first kappa shape index (κ1) is 15.8. The van der Waals surface area contributed by atoms with Gasteiger partial charge in [0.15, 0.2) is 0 Å². The van der Waals surface area contributed by atoms with E-state index in [1.807, 2.05) is 0 Å². The van der Waals surface area contributed by atoms with Crippen LogP contribution in [-0.2, 0) is 9.53 Å². The lowest BCUT2D eigenvalue weighted by molar-refractivity contribution is -0.123. The number of hydrogen-bond donors (Lipinski definition) is 2. The maximum Gasteiger partial charge on any atom is 0.221 e. The van der Waals surface area contributed by atoms with Crippen molar-refractivity contribution in [1.29, 1.82) is 0 Å². The van der Waals surface area contributed by atoms with Crippen molar-refractivity contribution < 1.29 is 9.53 Å². The van der Waals surface area contributed by atoms with Gasteiger partial charge in [-0.25, -0.2) is 0 Å². The standard InChI is InChI=1S/C16H30N2O2/c17-16(9-5-2-6-10-16)13-15(19)18-11-12-20-14-7-3-1-4-8-14/h14H,1-13,17H2,(H,18,19). The molecule has 0 unspecified atom stereocenters. The van der Waals surface area contributed by atoms with E-state index in [1.54, 1.807) is 0 Å². The predicted molar refractivity (Wildman–Crippen MR) is 80.5 cm³/mol. The molecule has 2 aliphatic carbocycles. The van der Waals surface area contributed by atoms with Gasteiger partial charge in [0, 0.05) is 18.5 Å². The summed E-state index contributed by atoms with van der Waals surface area (Å²) < 4.78 is 5.80. The van der Waals surface area contributed by atoms with Gasteiger partial charge in [0.05, 0.1) is 12.7 Å². The Hall–Kier alpha value is -0.610. The number of hydrogen-bond acceptors (Lipinski definition) is 3. The van der Waals surface area contributed by atoms with E-state index in [4.69, 9.17) is 10.5 Å². The van der Waals surface area contributed by atoms with E-state index in [1.165, 1.54) is 38.5 Å². The minimum Gasteiger partial charge on any atom is -0.376 e. The van der Waals surface area contributed by atoms with Crippen molar-refractivity contribution in [3.8, 4) is 0 Å². The van der Waals surface area contributed by atoms with Crippen molar-refractivity contribution in [3.63, 3.8) is 0 Å². The van der Waals surface area contributed by atoms with Crippen LogP contribution in [0.15, 0.2) is 0 Å². The third-order valence-electron chi connectivity index (χ3n) is 4.69. The largest absolute Gasteiger partial charge is 0.376 e. The summed E-state index contributed by atoms with van der Waals surface area (Å²) in [6.07, 6.45) is 12.7.